The first-order valence-electron chi connectivity index (χ1n) is 11.3. The van der Waals surface area contributed by atoms with Gasteiger partial charge in [-0.05, 0) is 47.2 Å². The summed E-state index contributed by atoms with van der Waals surface area (Å²) >= 11 is 1.30. The molecule has 5 rings (SSSR count). The smallest absolute Gasteiger partial charge is 0.250 e. The van der Waals surface area contributed by atoms with Crippen LogP contribution in [0.1, 0.15) is 5.56 Å². The van der Waals surface area contributed by atoms with Crippen LogP contribution in [0, 0.1) is 0 Å². The number of carbonyl (C=O) groups excluding carboxylic acids is 1. The third kappa shape index (κ3) is 5.13. The highest BCUT2D eigenvalue weighted by atomic mass is 32.2. The summed E-state index contributed by atoms with van der Waals surface area (Å²) < 4.78 is 7.21. The van der Waals surface area contributed by atoms with Gasteiger partial charge in [-0.15, -0.1) is 10.2 Å². The van der Waals surface area contributed by atoms with Gasteiger partial charge in [0.2, 0.25) is 0 Å². The number of methoxy groups -OCH3 is 1. The van der Waals surface area contributed by atoms with Crippen molar-refractivity contribution < 1.29 is 9.53 Å². The van der Waals surface area contributed by atoms with Gasteiger partial charge in [0.05, 0.1) is 19.1 Å². The predicted octanol–water partition coefficient (Wildman–Crippen LogP) is 5.34. The number of para-hydroxylation sites is 1. The Labute approximate surface area is 212 Å². The molecule has 0 spiro atoms. The van der Waals surface area contributed by atoms with E-state index in [9.17, 15) is 4.79 Å². The Hall–Kier alpha value is -4.43. The summed E-state index contributed by atoms with van der Waals surface area (Å²) in [6.45, 7) is 0. The van der Waals surface area contributed by atoms with E-state index in [1.807, 2.05) is 102 Å². The summed E-state index contributed by atoms with van der Waals surface area (Å²) in [6, 6.07) is 31.5. The molecule has 0 radical (unpaired) electrons. The molecule has 1 heterocycles. The average Bonchev–Trinajstić information content (AvgIpc) is 3.36. The minimum Gasteiger partial charge on any atom is -0.497 e. The Kier molecular flexibility index (Phi) is 7.05. The van der Waals surface area contributed by atoms with Gasteiger partial charge in [0.25, 0.3) is 5.91 Å². The fourth-order valence-corrected chi connectivity index (χ4v) is 4.54. The topological polar surface area (TPSA) is 81.4 Å². The van der Waals surface area contributed by atoms with Crippen molar-refractivity contribution in [2.24, 2.45) is 5.10 Å². The van der Waals surface area contributed by atoms with Gasteiger partial charge >= 0.3 is 0 Å². The fraction of sp³-hybridized carbons (Fsp3) is 0.0714. The lowest BCUT2D eigenvalue weighted by Gasteiger charge is -2.10. The molecule has 36 heavy (non-hydrogen) atoms. The van der Waals surface area contributed by atoms with Crippen molar-refractivity contribution in [1.82, 2.24) is 20.2 Å². The molecule has 8 heteroatoms. The Morgan fingerprint density at radius 1 is 0.944 bits per heavy atom. The van der Waals surface area contributed by atoms with Gasteiger partial charge in [0, 0.05) is 16.8 Å². The molecular formula is C28H23N5O2S. The second kappa shape index (κ2) is 10.9. The van der Waals surface area contributed by atoms with Crippen molar-refractivity contribution in [2.45, 2.75) is 5.16 Å². The number of fused-ring (bicyclic) bond motifs is 1. The average molecular weight is 494 g/mol. The second-order valence-electron chi connectivity index (χ2n) is 7.86. The SMILES string of the molecule is COc1ccc(-c2nnc(SCC(=O)NN=Cc3cccc4ccccc34)n2-c2ccccc2)cc1. The minimum atomic E-state index is -0.231. The summed E-state index contributed by atoms with van der Waals surface area (Å²) in [4.78, 5) is 12.5. The fourth-order valence-electron chi connectivity index (χ4n) is 3.80. The van der Waals surface area contributed by atoms with Gasteiger partial charge in [-0.3, -0.25) is 9.36 Å². The molecule has 1 amide bonds. The van der Waals surface area contributed by atoms with Crippen LogP contribution in [0.2, 0.25) is 0 Å². The van der Waals surface area contributed by atoms with E-state index >= 15 is 0 Å². The van der Waals surface area contributed by atoms with Gasteiger partial charge in [-0.2, -0.15) is 5.10 Å². The Balaban J connectivity index is 1.31. The van der Waals surface area contributed by atoms with Crippen molar-refractivity contribution >= 4 is 34.7 Å². The van der Waals surface area contributed by atoms with Crippen LogP contribution in [-0.2, 0) is 4.79 Å². The lowest BCUT2D eigenvalue weighted by atomic mass is 10.1. The number of amides is 1. The largest absolute Gasteiger partial charge is 0.497 e. The lowest BCUT2D eigenvalue weighted by molar-refractivity contribution is -0.118. The number of benzene rings is 4. The van der Waals surface area contributed by atoms with Crippen LogP contribution < -0.4 is 10.2 Å². The van der Waals surface area contributed by atoms with E-state index in [-0.39, 0.29) is 11.7 Å². The summed E-state index contributed by atoms with van der Waals surface area (Å²) in [5.74, 6) is 1.35. The number of carbonyl (C=O) groups is 1. The molecule has 178 valence electrons. The number of hydrogen-bond acceptors (Lipinski definition) is 6. The zero-order chi connectivity index (χ0) is 24.7. The number of rotatable bonds is 8. The Morgan fingerprint density at radius 3 is 2.50 bits per heavy atom. The molecule has 5 aromatic rings. The van der Waals surface area contributed by atoms with Crippen LogP contribution in [0.3, 0.4) is 0 Å². The maximum atomic E-state index is 12.5. The van der Waals surface area contributed by atoms with Crippen molar-refractivity contribution in [2.75, 3.05) is 12.9 Å². The van der Waals surface area contributed by atoms with Crippen LogP contribution in [-0.4, -0.2) is 39.7 Å². The molecule has 0 saturated carbocycles. The van der Waals surface area contributed by atoms with Crippen LogP contribution in [0.4, 0.5) is 0 Å². The van der Waals surface area contributed by atoms with Gasteiger partial charge in [-0.25, -0.2) is 5.43 Å². The normalized spacial score (nSPS) is 11.1. The first kappa shape index (κ1) is 23.3. The molecule has 1 N–H and O–H groups in total. The van der Waals surface area contributed by atoms with Gasteiger partial charge in [0.1, 0.15) is 5.75 Å². The van der Waals surface area contributed by atoms with Crippen molar-refractivity contribution in [3.63, 3.8) is 0 Å². The second-order valence-corrected chi connectivity index (χ2v) is 8.80. The highest BCUT2D eigenvalue weighted by Gasteiger charge is 2.17. The van der Waals surface area contributed by atoms with E-state index < -0.39 is 0 Å². The van der Waals surface area contributed by atoms with Crippen molar-refractivity contribution in [3.05, 3.63) is 103 Å². The molecule has 0 aliphatic carbocycles. The molecular weight excluding hydrogens is 470 g/mol. The van der Waals surface area contributed by atoms with Crippen molar-refractivity contribution in [3.8, 4) is 22.8 Å². The molecule has 7 nitrogen and oxygen atoms in total. The van der Waals surface area contributed by atoms with E-state index in [0.29, 0.717) is 11.0 Å². The highest BCUT2D eigenvalue weighted by molar-refractivity contribution is 7.99. The lowest BCUT2D eigenvalue weighted by Crippen LogP contribution is -2.20. The van der Waals surface area contributed by atoms with E-state index in [0.717, 1.165) is 33.3 Å². The first-order chi connectivity index (χ1) is 17.7. The van der Waals surface area contributed by atoms with Gasteiger partial charge in [0.15, 0.2) is 11.0 Å². The molecule has 0 bridgehead atoms. The van der Waals surface area contributed by atoms with Crippen LogP contribution >= 0.6 is 11.8 Å². The molecule has 4 aromatic carbocycles. The number of hydrogen-bond donors (Lipinski definition) is 1. The molecule has 0 unspecified atom stereocenters. The van der Waals surface area contributed by atoms with Gasteiger partial charge < -0.3 is 4.74 Å². The van der Waals surface area contributed by atoms with E-state index in [2.05, 4.69) is 20.7 Å². The maximum Gasteiger partial charge on any atom is 0.250 e. The van der Waals surface area contributed by atoms with E-state index in [1.165, 1.54) is 11.8 Å². The zero-order valence-electron chi connectivity index (χ0n) is 19.5. The quantitative estimate of drug-likeness (QED) is 0.179. The maximum absolute atomic E-state index is 12.5. The van der Waals surface area contributed by atoms with Gasteiger partial charge in [-0.1, -0.05) is 72.4 Å². The molecule has 0 aliphatic heterocycles. The molecule has 1 aromatic heterocycles. The number of thioether (sulfide) groups is 1. The standard InChI is InChI=1S/C28H23N5O2S/c1-35-24-16-14-21(15-17-24)27-31-32-28(33(27)23-11-3-2-4-12-23)36-19-26(34)30-29-18-22-10-7-9-20-8-5-6-13-25(20)22/h2-18H,19H2,1H3,(H,30,34). The highest BCUT2D eigenvalue weighted by Crippen LogP contribution is 2.29. The number of aromatic nitrogens is 3. The van der Waals surface area contributed by atoms with E-state index in [4.69, 9.17) is 4.74 Å². The first-order valence-corrected chi connectivity index (χ1v) is 12.3. The Bertz CT molecular complexity index is 1510. The number of hydrazone groups is 1. The third-order valence-corrected chi connectivity index (χ3v) is 6.47. The van der Waals surface area contributed by atoms with Crippen molar-refractivity contribution in [1.29, 1.82) is 0 Å². The molecule has 0 fully saturated rings. The third-order valence-electron chi connectivity index (χ3n) is 5.54. The molecule has 0 aliphatic rings. The summed E-state index contributed by atoms with van der Waals surface area (Å²) in [6.07, 6.45) is 1.67. The Morgan fingerprint density at radius 2 is 1.69 bits per heavy atom. The van der Waals surface area contributed by atoms with Crippen LogP contribution in [0.15, 0.2) is 107 Å². The number of nitrogens with one attached hydrogen (secondary N) is 1. The molecule has 0 atom stereocenters. The minimum absolute atomic E-state index is 0.139. The summed E-state index contributed by atoms with van der Waals surface area (Å²) in [7, 11) is 1.63. The monoisotopic (exact) mass is 493 g/mol. The number of nitrogens with zero attached hydrogens (tertiary/aromatic N) is 4. The molecule has 0 saturated heterocycles. The predicted molar refractivity (Wildman–Crippen MR) is 144 cm³/mol. The van der Waals surface area contributed by atoms with Crippen LogP contribution in [0.5, 0.6) is 5.75 Å². The van der Waals surface area contributed by atoms with E-state index in [1.54, 1.807) is 13.3 Å². The van der Waals surface area contributed by atoms with Crippen LogP contribution in [0.25, 0.3) is 27.8 Å². The number of ether oxygens (including phenoxy) is 1. The summed E-state index contributed by atoms with van der Waals surface area (Å²) in [5.41, 5.74) is 5.35. The zero-order valence-corrected chi connectivity index (χ0v) is 20.4. The summed E-state index contributed by atoms with van der Waals surface area (Å²) in [5, 5.41) is 15.8.